The minimum absolute atomic E-state index is 0.247. The molecule has 1 aliphatic heterocycles. The maximum atomic E-state index is 12.9. The molecule has 0 saturated carbocycles. The van der Waals surface area contributed by atoms with Gasteiger partial charge in [-0.05, 0) is 43.7 Å². The van der Waals surface area contributed by atoms with Crippen LogP contribution >= 0.6 is 11.6 Å². The predicted octanol–water partition coefficient (Wildman–Crippen LogP) is 5.36. The van der Waals surface area contributed by atoms with Gasteiger partial charge in [-0.2, -0.15) is 0 Å². The lowest BCUT2D eigenvalue weighted by molar-refractivity contribution is -0.113. The summed E-state index contributed by atoms with van der Waals surface area (Å²) in [5.74, 6) is -0.396. The molecule has 2 heterocycles. The van der Waals surface area contributed by atoms with Crippen molar-refractivity contribution in [1.82, 2.24) is 9.88 Å². The Labute approximate surface area is 168 Å². The van der Waals surface area contributed by atoms with Crippen LogP contribution in [0.15, 0.2) is 60.4 Å². The van der Waals surface area contributed by atoms with E-state index in [0.29, 0.717) is 16.8 Å². The van der Waals surface area contributed by atoms with Crippen molar-refractivity contribution < 1.29 is 9.59 Å². The van der Waals surface area contributed by atoms with Crippen molar-refractivity contribution in [2.24, 2.45) is 0 Å². The first kappa shape index (κ1) is 18.3. The van der Waals surface area contributed by atoms with E-state index < -0.39 is 11.9 Å². The first-order valence-corrected chi connectivity index (χ1v) is 9.59. The number of nitrogens with one attached hydrogen (secondary N) is 1. The van der Waals surface area contributed by atoms with Crippen molar-refractivity contribution in [3.05, 3.63) is 71.0 Å². The molecule has 4 rings (SSSR count). The van der Waals surface area contributed by atoms with Gasteiger partial charge in [0.1, 0.15) is 5.70 Å². The van der Waals surface area contributed by atoms with Crippen LogP contribution in [0.2, 0.25) is 5.02 Å². The minimum atomic E-state index is -0.482. The average molecular weight is 394 g/mol. The third-order valence-corrected chi connectivity index (χ3v) is 5.32. The summed E-state index contributed by atoms with van der Waals surface area (Å²) in [5, 5.41) is 4.19. The Balaban J connectivity index is 1.76. The van der Waals surface area contributed by atoms with Crippen molar-refractivity contribution in [1.29, 1.82) is 0 Å². The molecule has 3 amide bonds. The van der Waals surface area contributed by atoms with Gasteiger partial charge in [0, 0.05) is 33.7 Å². The Hall–Kier alpha value is -3.05. The zero-order chi connectivity index (χ0) is 19.8. The van der Waals surface area contributed by atoms with E-state index in [1.807, 2.05) is 24.4 Å². The maximum absolute atomic E-state index is 12.9. The second-order valence-corrected chi connectivity index (χ2v) is 7.31. The molecule has 1 atom stereocenters. The van der Waals surface area contributed by atoms with E-state index in [-0.39, 0.29) is 5.70 Å². The minimum Gasteiger partial charge on any atom is -0.344 e. The summed E-state index contributed by atoms with van der Waals surface area (Å²) in [4.78, 5) is 26.4. The fourth-order valence-corrected chi connectivity index (χ4v) is 3.63. The normalized spacial score (nSPS) is 16.8. The Kier molecular flexibility index (Phi) is 4.69. The number of benzene rings is 2. The number of aromatic nitrogens is 1. The average Bonchev–Trinajstić information content (AvgIpc) is 3.19. The summed E-state index contributed by atoms with van der Waals surface area (Å²) in [7, 11) is 0. The molecule has 1 unspecified atom stereocenters. The van der Waals surface area contributed by atoms with E-state index in [2.05, 4.69) is 29.8 Å². The van der Waals surface area contributed by atoms with E-state index in [1.165, 1.54) is 0 Å². The van der Waals surface area contributed by atoms with Gasteiger partial charge in [-0.1, -0.05) is 42.8 Å². The van der Waals surface area contributed by atoms with Crippen molar-refractivity contribution in [3.8, 4) is 0 Å². The summed E-state index contributed by atoms with van der Waals surface area (Å²) in [6, 6.07) is 14.6. The number of urea groups is 1. The molecule has 1 N–H and O–H groups in total. The highest BCUT2D eigenvalue weighted by molar-refractivity contribution is 6.32. The molecule has 0 radical (unpaired) electrons. The summed E-state index contributed by atoms with van der Waals surface area (Å²) >= 11 is 6.01. The number of amides is 3. The van der Waals surface area contributed by atoms with Crippen molar-refractivity contribution in [3.63, 3.8) is 0 Å². The quantitative estimate of drug-likeness (QED) is 0.479. The number of nitrogens with zero attached hydrogens (tertiary/aromatic N) is 2. The second kappa shape index (κ2) is 7.17. The summed E-state index contributed by atoms with van der Waals surface area (Å²) in [6.45, 7) is 4.30. The predicted molar refractivity (Wildman–Crippen MR) is 112 cm³/mol. The summed E-state index contributed by atoms with van der Waals surface area (Å²) < 4.78 is 2.21. The van der Waals surface area contributed by atoms with Gasteiger partial charge >= 0.3 is 6.03 Å². The molecule has 142 valence electrons. The number of halogens is 1. The van der Waals surface area contributed by atoms with Crippen molar-refractivity contribution >= 4 is 46.2 Å². The molecule has 1 aromatic heterocycles. The van der Waals surface area contributed by atoms with Crippen LogP contribution in [0, 0.1) is 0 Å². The first-order chi connectivity index (χ1) is 13.5. The number of imide groups is 1. The standard InChI is InChI=1S/C22H20ClN3O2/c1-3-14(2)25-13-15(18-9-4-5-10-20(18)25)11-19-21(27)26(22(28)24-19)17-8-6-7-16(23)12-17/h4-14H,3H2,1-2H3,(H,24,28)/b19-11-. The van der Waals surface area contributed by atoms with Gasteiger partial charge in [0.05, 0.1) is 5.69 Å². The zero-order valence-electron chi connectivity index (χ0n) is 15.6. The van der Waals surface area contributed by atoms with Crippen LogP contribution in [-0.2, 0) is 4.79 Å². The fraction of sp³-hybridized carbons (Fsp3) is 0.182. The second-order valence-electron chi connectivity index (χ2n) is 6.87. The molecule has 2 aromatic carbocycles. The van der Waals surface area contributed by atoms with Gasteiger partial charge in [-0.3, -0.25) is 4.79 Å². The lowest BCUT2D eigenvalue weighted by Crippen LogP contribution is -2.30. The van der Waals surface area contributed by atoms with Gasteiger partial charge in [0.15, 0.2) is 0 Å². The van der Waals surface area contributed by atoms with Crippen LogP contribution in [0.5, 0.6) is 0 Å². The van der Waals surface area contributed by atoms with Crippen LogP contribution in [-0.4, -0.2) is 16.5 Å². The number of para-hydroxylation sites is 1. The SMILES string of the molecule is CCC(C)n1cc(/C=C2\NC(=O)N(c3cccc(Cl)c3)C2=O)c2ccccc21. The highest BCUT2D eigenvalue weighted by Gasteiger charge is 2.35. The van der Waals surface area contributed by atoms with Crippen LogP contribution in [0.1, 0.15) is 31.9 Å². The van der Waals surface area contributed by atoms with E-state index in [9.17, 15) is 9.59 Å². The smallest absolute Gasteiger partial charge is 0.333 e. The first-order valence-electron chi connectivity index (χ1n) is 9.22. The summed E-state index contributed by atoms with van der Waals surface area (Å²) in [6.07, 6.45) is 4.77. The van der Waals surface area contributed by atoms with E-state index in [0.717, 1.165) is 27.8 Å². The Morgan fingerprint density at radius 3 is 2.68 bits per heavy atom. The third kappa shape index (κ3) is 3.08. The molecule has 1 aliphatic rings. The molecular formula is C22H20ClN3O2. The number of carbonyl (C=O) groups is 2. The van der Waals surface area contributed by atoms with Crippen molar-refractivity contribution in [2.75, 3.05) is 4.90 Å². The molecule has 3 aromatic rings. The van der Waals surface area contributed by atoms with E-state index >= 15 is 0 Å². The van der Waals surface area contributed by atoms with Gasteiger partial charge in [0.2, 0.25) is 0 Å². The number of rotatable bonds is 4. The Morgan fingerprint density at radius 2 is 1.93 bits per heavy atom. The largest absolute Gasteiger partial charge is 0.344 e. The molecule has 1 fully saturated rings. The van der Waals surface area contributed by atoms with Gasteiger partial charge in [-0.15, -0.1) is 0 Å². The number of fused-ring (bicyclic) bond motifs is 1. The fourth-order valence-electron chi connectivity index (χ4n) is 3.45. The summed E-state index contributed by atoms with van der Waals surface area (Å²) in [5.41, 5.74) is 2.69. The van der Waals surface area contributed by atoms with Gasteiger partial charge in [0.25, 0.3) is 5.91 Å². The molecular weight excluding hydrogens is 374 g/mol. The number of anilines is 1. The van der Waals surface area contributed by atoms with Crippen LogP contribution in [0.3, 0.4) is 0 Å². The molecule has 0 aliphatic carbocycles. The maximum Gasteiger partial charge on any atom is 0.333 e. The molecule has 5 nitrogen and oxygen atoms in total. The molecule has 1 saturated heterocycles. The van der Waals surface area contributed by atoms with Gasteiger partial charge < -0.3 is 9.88 Å². The van der Waals surface area contributed by atoms with Crippen molar-refractivity contribution in [2.45, 2.75) is 26.3 Å². The number of hydrogen-bond donors (Lipinski definition) is 1. The lowest BCUT2D eigenvalue weighted by atomic mass is 10.1. The Morgan fingerprint density at radius 1 is 1.14 bits per heavy atom. The Bertz CT molecular complexity index is 1120. The van der Waals surface area contributed by atoms with Crippen LogP contribution < -0.4 is 10.2 Å². The van der Waals surface area contributed by atoms with E-state index in [1.54, 1.807) is 30.3 Å². The topological polar surface area (TPSA) is 54.3 Å². The zero-order valence-corrected chi connectivity index (χ0v) is 16.4. The van der Waals surface area contributed by atoms with Gasteiger partial charge in [-0.25, -0.2) is 9.69 Å². The van der Waals surface area contributed by atoms with Crippen LogP contribution in [0.25, 0.3) is 17.0 Å². The highest BCUT2D eigenvalue weighted by Crippen LogP contribution is 2.29. The third-order valence-electron chi connectivity index (χ3n) is 5.08. The highest BCUT2D eigenvalue weighted by atomic mass is 35.5. The van der Waals surface area contributed by atoms with E-state index in [4.69, 9.17) is 11.6 Å². The number of carbonyl (C=O) groups excluding carboxylic acids is 2. The number of hydrogen-bond acceptors (Lipinski definition) is 2. The lowest BCUT2D eigenvalue weighted by Gasteiger charge is -2.12. The molecule has 0 spiro atoms. The molecule has 0 bridgehead atoms. The molecule has 6 heteroatoms. The van der Waals surface area contributed by atoms with Crippen LogP contribution in [0.4, 0.5) is 10.5 Å². The monoisotopic (exact) mass is 393 g/mol. The molecule has 28 heavy (non-hydrogen) atoms.